The topological polar surface area (TPSA) is 126 Å². The standard InChI is InChI=1S/C18H12N2O3.C15H12N2O/c19-11-15-16(21)10-17(22)20-18(15)12-6-8-14(9-7-12)23-13-4-2-1-3-5-13;1-17-11-15(16)12-7-9-14(10-8-12)18-13-5-3-2-4-6-13/h1-10H,(H2,20,21,22);2-11H,16H2/b;15-11-. The summed E-state index contributed by atoms with van der Waals surface area (Å²) < 4.78 is 11.3. The Labute approximate surface area is 236 Å². The number of hydrogen-bond acceptors (Lipinski definition) is 6. The first-order chi connectivity index (χ1) is 20.0. The third-order valence-corrected chi connectivity index (χ3v) is 5.63. The number of rotatable bonds is 6. The third-order valence-electron chi connectivity index (χ3n) is 5.63. The van der Waals surface area contributed by atoms with Gasteiger partial charge in [0.25, 0.3) is 5.56 Å². The number of H-pyrrole nitrogens is 1. The highest BCUT2D eigenvalue weighted by Gasteiger charge is 2.12. The lowest BCUT2D eigenvalue weighted by molar-refractivity contribution is 0.472. The average Bonchev–Trinajstić information content (AvgIpc) is 2.99. The maximum absolute atomic E-state index is 11.5. The Balaban J connectivity index is 0.000000195. The van der Waals surface area contributed by atoms with Crippen LogP contribution in [0.1, 0.15) is 11.1 Å². The van der Waals surface area contributed by atoms with E-state index in [1.807, 2.05) is 91.0 Å². The summed E-state index contributed by atoms with van der Waals surface area (Å²) >= 11 is 0. The minimum absolute atomic E-state index is 0.0290. The molecule has 0 atom stereocenters. The quantitative estimate of drug-likeness (QED) is 0.198. The lowest BCUT2D eigenvalue weighted by Gasteiger charge is -2.08. The monoisotopic (exact) mass is 540 g/mol. The van der Waals surface area contributed by atoms with Crippen LogP contribution in [-0.4, -0.2) is 10.1 Å². The number of para-hydroxylation sites is 2. The number of ether oxygens (including phenoxy) is 2. The summed E-state index contributed by atoms with van der Waals surface area (Å²) in [6.45, 7) is 6.72. The van der Waals surface area contributed by atoms with Crippen molar-refractivity contribution in [1.29, 1.82) is 5.26 Å². The first-order valence-corrected chi connectivity index (χ1v) is 12.3. The van der Waals surface area contributed by atoms with Crippen LogP contribution in [0.2, 0.25) is 0 Å². The van der Waals surface area contributed by atoms with Crippen molar-refractivity contribution in [2.75, 3.05) is 0 Å². The maximum atomic E-state index is 11.5. The van der Waals surface area contributed by atoms with Gasteiger partial charge in [-0.15, -0.1) is 0 Å². The second kappa shape index (κ2) is 13.5. The van der Waals surface area contributed by atoms with Crippen LogP contribution < -0.4 is 20.8 Å². The molecule has 5 rings (SSSR count). The molecule has 0 spiro atoms. The van der Waals surface area contributed by atoms with Gasteiger partial charge in [-0.1, -0.05) is 48.5 Å². The number of pyridine rings is 1. The molecule has 1 heterocycles. The van der Waals surface area contributed by atoms with Crippen LogP contribution in [0.4, 0.5) is 0 Å². The minimum atomic E-state index is -0.471. The number of nitrogens with zero attached hydrogens (tertiary/aromatic N) is 2. The Morgan fingerprint density at radius 1 is 0.829 bits per heavy atom. The van der Waals surface area contributed by atoms with E-state index in [1.54, 1.807) is 24.3 Å². The highest BCUT2D eigenvalue weighted by atomic mass is 16.5. The number of hydrogen-bond donors (Lipinski definition) is 3. The van der Waals surface area contributed by atoms with Gasteiger partial charge in [0.15, 0.2) is 6.20 Å². The predicted octanol–water partition coefficient (Wildman–Crippen LogP) is 7.07. The lowest BCUT2D eigenvalue weighted by Crippen LogP contribution is -2.06. The molecule has 0 radical (unpaired) electrons. The second-order valence-electron chi connectivity index (χ2n) is 8.47. The largest absolute Gasteiger partial charge is 0.506 e. The van der Waals surface area contributed by atoms with Crippen molar-refractivity contribution in [3.8, 4) is 46.1 Å². The summed E-state index contributed by atoms with van der Waals surface area (Å²) in [5, 5.41) is 18.9. The Kier molecular flexibility index (Phi) is 9.16. The van der Waals surface area contributed by atoms with Crippen LogP contribution in [-0.2, 0) is 0 Å². The molecule has 0 aliphatic heterocycles. The summed E-state index contributed by atoms with van der Waals surface area (Å²) in [6, 6.07) is 35.9. The minimum Gasteiger partial charge on any atom is -0.506 e. The lowest BCUT2D eigenvalue weighted by atomic mass is 10.1. The van der Waals surface area contributed by atoms with E-state index in [1.165, 1.54) is 6.20 Å². The molecule has 0 bridgehead atoms. The highest BCUT2D eigenvalue weighted by molar-refractivity contribution is 5.70. The molecule has 0 saturated carbocycles. The van der Waals surface area contributed by atoms with Gasteiger partial charge in [0.05, 0.1) is 12.3 Å². The molecule has 4 aromatic carbocycles. The fraction of sp³-hybridized carbons (Fsp3) is 0. The normalized spacial score (nSPS) is 10.3. The average molecular weight is 541 g/mol. The number of aromatic amines is 1. The van der Waals surface area contributed by atoms with Crippen LogP contribution in [0.5, 0.6) is 28.7 Å². The van der Waals surface area contributed by atoms with Crippen molar-refractivity contribution < 1.29 is 14.6 Å². The molecule has 0 aliphatic rings. The Hall–Kier alpha value is -6.25. The van der Waals surface area contributed by atoms with Crippen molar-refractivity contribution in [3.63, 3.8) is 0 Å². The molecule has 41 heavy (non-hydrogen) atoms. The molecular formula is C33H24N4O4. The van der Waals surface area contributed by atoms with Crippen molar-refractivity contribution in [2.24, 2.45) is 5.73 Å². The molecule has 5 aromatic rings. The van der Waals surface area contributed by atoms with Gasteiger partial charge in [0, 0.05) is 11.8 Å². The van der Waals surface area contributed by atoms with E-state index >= 15 is 0 Å². The zero-order valence-corrected chi connectivity index (χ0v) is 21.7. The van der Waals surface area contributed by atoms with Gasteiger partial charge in [-0.2, -0.15) is 5.26 Å². The van der Waals surface area contributed by atoms with E-state index in [2.05, 4.69) is 9.83 Å². The van der Waals surface area contributed by atoms with Crippen LogP contribution in [0.15, 0.2) is 126 Å². The van der Waals surface area contributed by atoms with E-state index in [0.29, 0.717) is 22.8 Å². The molecule has 0 fully saturated rings. The Bertz CT molecular complexity index is 1770. The fourth-order valence-electron chi connectivity index (χ4n) is 3.67. The van der Waals surface area contributed by atoms with Crippen LogP contribution in [0.3, 0.4) is 0 Å². The SMILES string of the molecule is N#Cc1c(O)cc(=O)[nH]c1-c1ccc(Oc2ccccc2)cc1.[C-]#[N+]/C=C(\N)c1ccc(Oc2ccccc2)cc1. The number of aromatic nitrogens is 1. The molecule has 1 aromatic heterocycles. The molecular weight excluding hydrogens is 516 g/mol. The first-order valence-electron chi connectivity index (χ1n) is 12.3. The van der Waals surface area contributed by atoms with Gasteiger partial charge in [-0.3, -0.25) is 4.79 Å². The number of nitrogens with one attached hydrogen (secondary N) is 1. The van der Waals surface area contributed by atoms with Gasteiger partial charge >= 0.3 is 0 Å². The molecule has 8 nitrogen and oxygen atoms in total. The fourth-order valence-corrected chi connectivity index (χ4v) is 3.67. The smallest absolute Gasteiger partial charge is 0.252 e. The van der Waals surface area contributed by atoms with E-state index < -0.39 is 5.56 Å². The van der Waals surface area contributed by atoms with Crippen molar-refractivity contribution in [2.45, 2.75) is 0 Å². The second-order valence-corrected chi connectivity index (χ2v) is 8.47. The third kappa shape index (κ3) is 7.64. The molecule has 0 aliphatic carbocycles. The molecule has 0 saturated heterocycles. The van der Waals surface area contributed by atoms with Crippen LogP contribution in [0, 0.1) is 17.9 Å². The summed E-state index contributed by atoms with van der Waals surface area (Å²) in [6.07, 6.45) is 1.30. The summed E-state index contributed by atoms with van der Waals surface area (Å²) in [7, 11) is 0. The van der Waals surface area contributed by atoms with Gasteiger partial charge in [-0.05, 0) is 71.8 Å². The predicted molar refractivity (Wildman–Crippen MR) is 157 cm³/mol. The Morgan fingerprint density at radius 3 is 1.80 bits per heavy atom. The summed E-state index contributed by atoms with van der Waals surface area (Å²) in [5.41, 5.74) is 7.43. The number of benzene rings is 4. The van der Waals surface area contributed by atoms with E-state index in [-0.39, 0.29) is 17.0 Å². The van der Waals surface area contributed by atoms with Crippen LogP contribution in [0.25, 0.3) is 21.8 Å². The van der Waals surface area contributed by atoms with Crippen molar-refractivity contribution in [3.05, 3.63) is 154 Å². The van der Waals surface area contributed by atoms with Gasteiger partial charge in [0.2, 0.25) is 0 Å². The molecule has 8 heteroatoms. The first kappa shape index (κ1) is 27.8. The number of nitrogens with two attached hydrogens (primary N) is 1. The van der Waals surface area contributed by atoms with E-state index in [4.69, 9.17) is 27.0 Å². The molecule has 200 valence electrons. The van der Waals surface area contributed by atoms with E-state index in [0.717, 1.165) is 23.1 Å². The maximum Gasteiger partial charge on any atom is 0.252 e. The number of aromatic hydroxyl groups is 1. The van der Waals surface area contributed by atoms with Crippen molar-refractivity contribution >= 4 is 5.70 Å². The summed E-state index contributed by atoms with van der Waals surface area (Å²) in [4.78, 5) is 17.2. The zero-order chi connectivity index (χ0) is 29.0. The molecule has 0 amide bonds. The number of nitriles is 1. The van der Waals surface area contributed by atoms with Gasteiger partial charge in [0.1, 0.15) is 40.4 Å². The Morgan fingerprint density at radius 2 is 1.32 bits per heavy atom. The highest BCUT2D eigenvalue weighted by Crippen LogP contribution is 2.29. The molecule has 0 unspecified atom stereocenters. The van der Waals surface area contributed by atoms with E-state index in [9.17, 15) is 9.90 Å². The summed E-state index contributed by atoms with van der Waals surface area (Å²) in [5.74, 6) is 2.52. The van der Waals surface area contributed by atoms with Gasteiger partial charge in [-0.25, -0.2) is 4.85 Å². The van der Waals surface area contributed by atoms with Gasteiger partial charge < -0.3 is 25.3 Å². The molecule has 4 N–H and O–H groups in total. The zero-order valence-electron chi connectivity index (χ0n) is 21.7. The van der Waals surface area contributed by atoms with Crippen LogP contribution >= 0.6 is 0 Å². The van der Waals surface area contributed by atoms with Crippen molar-refractivity contribution in [1.82, 2.24) is 4.98 Å².